The Hall–Kier alpha value is -3.38. The van der Waals surface area contributed by atoms with Crippen LogP contribution in [0.25, 0.3) is 22.0 Å². The van der Waals surface area contributed by atoms with Crippen molar-refractivity contribution in [2.75, 3.05) is 19.0 Å². The summed E-state index contributed by atoms with van der Waals surface area (Å²) in [6, 6.07) is 23.1. The Bertz CT molecular complexity index is 1600. The van der Waals surface area contributed by atoms with Gasteiger partial charge in [-0.2, -0.15) is 0 Å². The van der Waals surface area contributed by atoms with E-state index in [1.807, 2.05) is 48.5 Å². The first kappa shape index (κ1) is 24.0. The second-order valence-electron chi connectivity index (χ2n) is 9.30. The number of rotatable bonds is 4. The van der Waals surface area contributed by atoms with Gasteiger partial charge in [0.05, 0.1) is 35.5 Å². The molecular weight excluding hydrogens is 503 g/mol. The number of hydrogen-bond donors (Lipinski definition) is 1. The number of aromatic nitrogens is 3. The van der Waals surface area contributed by atoms with Crippen LogP contribution in [0.15, 0.2) is 85.5 Å². The van der Waals surface area contributed by atoms with E-state index in [1.165, 1.54) is 5.56 Å². The van der Waals surface area contributed by atoms with Crippen LogP contribution in [0.1, 0.15) is 22.4 Å². The van der Waals surface area contributed by atoms with E-state index in [0.29, 0.717) is 29.8 Å². The summed E-state index contributed by atoms with van der Waals surface area (Å²) >= 11 is 12.9. The van der Waals surface area contributed by atoms with Crippen molar-refractivity contribution < 1.29 is 4.74 Å². The lowest BCUT2D eigenvalue weighted by atomic mass is 9.79. The monoisotopic (exact) mass is 528 g/mol. The molecule has 0 saturated heterocycles. The molecule has 5 aromatic rings. The molecule has 1 aliphatic rings. The van der Waals surface area contributed by atoms with Gasteiger partial charge in [-0.05, 0) is 52.4 Å². The minimum Gasteiger partial charge on any atom is -0.492 e. The van der Waals surface area contributed by atoms with Crippen LogP contribution in [0.3, 0.4) is 0 Å². The lowest BCUT2D eigenvalue weighted by Crippen LogP contribution is -2.46. The van der Waals surface area contributed by atoms with Gasteiger partial charge in [-0.3, -0.25) is 10.3 Å². The van der Waals surface area contributed by atoms with Crippen LogP contribution >= 0.6 is 23.2 Å². The molecule has 0 aliphatic carbocycles. The predicted molar refractivity (Wildman–Crippen MR) is 150 cm³/mol. The van der Waals surface area contributed by atoms with Gasteiger partial charge in [0.15, 0.2) is 0 Å². The van der Waals surface area contributed by atoms with E-state index >= 15 is 0 Å². The molecule has 5 nitrogen and oxygen atoms in total. The van der Waals surface area contributed by atoms with Crippen LogP contribution in [-0.4, -0.2) is 33.6 Å². The van der Waals surface area contributed by atoms with E-state index in [9.17, 15) is 0 Å². The summed E-state index contributed by atoms with van der Waals surface area (Å²) in [7, 11) is 2.00. The number of aryl methyl sites for hydroxylation is 1. The maximum Gasteiger partial charge on any atom is 0.138 e. The van der Waals surface area contributed by atoms with Crippen molar-refractivity contribution in [3.8, 4) is 17.0 Å². The highest BCUT2D eigenvalue weighted by Crippen LogP contribution is 2.41. The van der Waals surface area contributed by atoms with E-state index in [1.54, 1.807) is 0 Å². The Kier molecular flexibility index (Phi) is 6.37. The molecular formula is C30H26Cl2N4O. The van der Waals surface area contributed by atoms with Crippen LogP contribution in [-0.2, 0) is 19.0 Å². The van der Waals surface area contributed by atoms with Crippen molar-refractivity contribution >= 4 is 34.0 Å². The molecule has 0 spiro atoms. The Morgan fingerprint density at radius 3 is 2.76 bits per heavy atom. The van der Waals surface area contributed by atoms with Gasteiger partial charge in [0.25, 0.3) is 0 Å². The quantitative estimate of drug-likeness (QED) is 0.276. The maximum absolute atomic E-state index is 6.63. The third-order valence-corrected chi connectivity index (χ3v) is 7.60. The van der Waals surface area contributed by atoms with E-state index in [4.69, 9.17) is 32.9 Å². The summed E-state index contributed by atoms with van der Waals surface area (Å²) in [5.41, 5.74) is 5.46. The lowest BCUT2D eigenvalue weighted by Gasteiger charge is -2.37. The van der Waals surface area contributed by atoms with Crippen molar-refractivity contribution in [1.82, 2.24) is 19.9 Å². The van der Waals surface area contributed by atoms with E-state index in [0.717, 1.165) is 45.3 Å². The Morgan fingerprint density at radius 1 is 1.05 bits per heavy atom. The lowest BCUT2D eigenvalue weighted by molar-refractivity contribution is 0.321. The van der Waals surface area contributed by atoms with Gasteiger partial charge in [-0.1, -0.05) is 48.0 Å². The van der Waals surface area contributed by atoms with Gasteiger partial charge in [-0.25, -0.2) is 4.98 Å². The number of imidazole rings is 1. The largest absolute Gasteiger partial charge is 0.492 e. The summed E-state index contributed by atoms with van der Waals surface area (Å²) in [5.74, 6) is 1.10. The van der Waals surface area contributed by atoms with Crippen LogP contribution in [0, 0.1) is 0 Å². The molecule has 1 N–H and O–H groups in total. The number of ether oxygens (including phenoxy) is 1. The van der Waals surface area contributed by atoms with Crippen LogP contribution < -0.4 is 10.1 Å². The minimum atomic E-state index is -0.768. The van der Waals surface area contributed by atoms with E-state index < -0.39 is 5.54 Å². The third-order valence-electron chi connectivity index (χ3n) is 7.10. The first-order valence-corrected chi connectivity index (χ1v) is 13.2. The van der Waals surface area contributed by atoms with Gasteiger partial charge in [-0.15, -0.1) is 11.6 Å². The summed E-state index contributed by atoms with van der Waals surface area (Å²) < 4.78 is 8.29. The number of fused-ring (bicyclic) bond motifs is 6. The molecule has 0 saturated carbocycles. The number of alkyl halides is 1. The fourth-order valence-corrected chi connectivity index (χ4v) is 5.61. The first-order valence-electron chi connectivity index (χ1n) is 12.3. The van der Waals surface area contributed by atoms with Crippen molar-refractivity contribution in [2.24, 2.45) is 7.05 Å². The van der Waals surface area contributed by atoms with Crippen LogP contribution in [0.4, 0.5) is 0 Å². The van der Waals surface area contributed by atoms with E-state index in [-0.39, 0.29) is 0 Å². The molecule has 6 rings (SSSR count). The molecule has 3 heterocycles. The topological polar surface area (TPSA) is 52.0 Å². The molecule has 0 amide bonds. The number of hydrogen-bond acceptors (Lipinski definition) is 4. The fraction of sp³-hybridized carbons (Fsp3) is 0.200. The molecule has 1 unspecified atom stereocenters. The smallest absolute Gasteiger partial charge is 0.138 e. The molecule has 7 heteroatoms. The van der Waals surface area contributed by atoms with Gasteiger partial charge in [0, 0.05) is 43.0 Å². The number of pyridine rings is 1. The minimum absolute atomic E-state index is 0.448. The predicted octanol–water partition coefficient (Wildman–Crippen LogP) is 6.34. The first-order chi connectivity index (χ1) is 18.1. The molecule has 186 valence electrons. The summed E-state index contributed by atoms with van der Waals surface area (Å²) in [5, 5.41) is 6.56. The van der Waals surface area contributed by atoms with Gasteiger partial charge < -0.3 is 9.30 Å². The molecule has 2 aromatic heterocycles. The Labute approximate surface area is 226 Å². The third kappa shape index (κ3) is 4.17. The van der Waals surface area contributed by atoms with E-state index in [2.05, 4.69) is 58.8 Å². The number of nitrogens with one attached hydrogen (secondary N) is 1. The highest BCUT2D eigenvalue weighted by molar-refractivity contribution is 6.32. The zero-order valence-corrected chi connectivity index (χ0v) is 21.9. The molecule has 3 aromatic carbocycles. The highest BCUT2D eigenvalue weighted by atomic mass is 35.5. The molecule has 0 radical (unpaired) electrons. The summed E-state index contributed by atoms with van der Waals surface area (Å²) in [6.07, 6.45) is 6.35. The normalized spacial score (nSPS) is 16.9. The van der Waals surface area contributed by atoms with Gasteiger partial charge in [0.2, 0.25) is 0 Å². The van der Waals surface area contributed by atoms with Crippen molar-refractivity contribution in [3.05, 3.63) is 113 Å². The Morgan fingerprint density at radius 2 is 1.92 bits per heavy atom. The molecule has 1 atom stereocenters. The van der Waals surface area contributed by atoms with Crippen LogP contribution in [0.2, 0.25) is 5.02 Å². The van der Waals surface area contributed by atoms with Crippen molar-refractivity contribution in [2.45, 2.75) is 12.0 Å². The standard InChI is InChI=1S/C30H26Cl2N4O/c1-36-19-33-18-28(36)30(35-13-11-31)23-6-5-21-9-12-34-29(25(21)16-23)22-4-2-3-20(15-22)10-14-37-27-17-24(30)7-8-26(27)32/h2-9,12,15-19,35H,10-11,13-14H2,1H3. The Balaban J connectivity index is 1.73. The average Bonchev–Trinajstić information content (AvgIpc) is 3.36. The van der Waals surface area contributed by atoms with Crippen molar-refractivity contribution in [1.29, 1.82) is 0 Å². The summed E-state index contributed by atoms with van der Waals surface area (Å²) in [4.78, 5) is 9.31. The second-order valence-corrected chi connectivity index (χ2v) is 10.1. The highest BCUT2D eigenvalue weighted by Gasteiger charge is 2.39. The SMILES string of the molecule is Cn1cncc1C1(NCCCl)c2ccc(Cl)c(c2)OCCc2cccc(c2)-c2nccc3ccc1cc23. The number of halogens is 2. The molecule has 37 heavy (non-hydrogen) atoms. The van der Waals surface area contributed by atoms with Crippen LogP contribution in [0.5, 0.6) is 5.75 Å². The second kappa shape index (κ2) is 9.82. The van der Waals surface area contributed by atoms with Gasteiger partial charge >= 0.3 is 0 Å². The number of nitrogens with zero attached hydrogens (tertiary/aromatic N) is 3. The summed E-state index contributed by atoms with van der Waals surface area (Å²) in [6.45, 7) is 1.08. The fourth-order valence-electron chi connectivity index (χ4n) is 5.34. The zero-order chi connectivity index (χ0) is 25.4. The molecule has 1 aliphatic heterocycles. The molecule has 0 fully saturated rings. The number of benzene rings is 3. The van der Waals surface area contributed by atoms with Gasteiger partial charge in [0.1, 0.15) is 11.3 Å². The molecule has 6 bridgehead atoms. The van der Waals surface area contributed by atoms with Crippen molar-refractivity contribution in [3.63, 3.8) is 0 Å². The zero-order valence-electron chi connectivity index (χ0n) is 20.4. The average molecular weight is 529 g/mol. The maximum atomic E-state index is 6.63.